The number of fused-ring (bicyclic) bond motifs is 1. The minimum absolute atomic E-state index is 0.461. The number of hydrogen-bond donors (Lipinski definition) is 1. The molecule has 1 aliphatic heterocycles. The highest BCUT2D eigenvalue weighted by Gasteiger charge is 2.24. The van der Waals surface area contributed by atoms with Crippen LogP contribution < -0.4 is 20.1 Å². The molecular weight excluding hydrogens is 306 g/mol. The first-order valence-corrected chi connectivity index (χ1v) is 8.14. The van der Waals surface area contributed by atoms with Gasteiger partial charge >= 0.3 is 0 Å². The van der Waals surface area contributed by atoms with Crippen LogP contribution in [0.25, 0.3) is 10.9 Å². The highest BCUT2D eigenvalue weighted by Crippen LogP contribution is 2.34. The standard InChI is InChI=1S/C17H25N5O2/c1-21(2)11-6-5-7-22(10-11)17-19-13-9-15(24-4)14(23-3)8-12(13)16(18)20-17/h8-9,11H,5-7,10H2,1-4H3,(H2,18,19,20)/t11-/m0/s1. The smallest absolute Gasteiger partial charge is 0.227 e. The number of rotatable bonds is 4. The lowest BCUT2D eigenvalue weighted by atomic mass is 10.1. The van der Waals surface area contributed by atoms with E-state index >= 15 is 0 Å². The predicted molar refractivity (Wildman–Crippen MR) is 96.0 cm³/mol. The van der Waals surface area contributed by atoms with Gasteiger partial charge in [-0.3, -0.25) is 0 Å². The molecule has 0 saturated carbocycles. The maximum absolute atomic E-state index is 6.19. The number of nitrogens with zero attached hydrogens (tertiary/aromatic N) is 4. The molecule has 1 fully saturated rings. The van der Waals surface area contributed by atoms with Gasteiger partial charge in [-0.25, -0.2) is 4.98 Å². The highest BCUT2D eigenvalue weighted by molar-refractivity contribution is 5.91. The fraction of sp³-hybridized carbons (Fsp3) is 0.529. The summed E-state index contributed by atoms with van der Waals surface area (Å²) in [6, 6.07) is 4.18. The van der Waals surface area contributed by atoms with Crippen LogP contribution in [0.4, 0.5) is 11.8 Å². The lowest BCUT2D eigenvalue weighted by Crippen LogP contribution is -2.45. The van der Waals surface area contributed by atoms with Crippen molar-refractivity contribution in [1.82, 2.24) is 14.9 Å². The normalized spacial score (nSPS) is 18.2. The third kappa shape index (κ3) is 3.03. The van der Waals surface area contributed by atoms with Crippen LogP contribution in [0.15, 0.2) is 12.1 Å². The summed E-state index contributed by atoms with van der Waals surface area (Å²) in [6.07, 6.45) is 2.31. The summed E-state index contributed by atoms with van der Waals surface area (Å²) in [5.74, 6) is 2.40. The van der Waals surface area contributed by atoms with Crippen molar-refractivity contribution in [3.8, 4) is 11.5 Å². The number of hydrogen-bond acceptors (Lipinski definition) is 7. The van der Waals surface area contributed by atoms with Crippen LogP contribution in [0.2, 0.25) is 0 Å². The molecule has 130 valence electrons. The molecule has 24 heavy (non-hydrogen) atoms. The Hall–Kier alpha value is -2.28. The van der Waals surface area contributed by atoms with E-state index in [9.17, 15) is 0 Å². The zero-order valence-corrected chi connectivity index (χ0v) is 14.7. The number of ether oxygens (including phenoxy) is 2. The van der Waals surface area contributed by atoms with E-state index in [1.54, 1.807) is 14.2 Å². The Kier molecular flexibility index (Phi) is 4.62. The van der Waals surface area contributed by atoms with Crippen LogP contribution in [0.1, 0.15) is 12.8 Å². The van der Waals surface area contributed by atoms with Gasteiger partial charge in [0, 0.05) is 30.6 Å². The zero-order chi connectivity index (χ0) is 17.3. The van der Waals surface area contributed by atoms with Gasteiger partial charge in [0.15, 0.2) is 11.5 Å². The maximum atomic E-state index is 6.19. The SMILES string of the molecule is COc1cc2nc(N3CCC[C@H](N(C)C)C3)nc(N)c2cc1OC. The minimum Gasteiger partial charge on any atom is -0.493 e. The fourth-order valence-electron chi connectivity index (χ4n) is 3.17. The van der Waals surface area contributed by atoms with Crippen LogP contribution in [0.5, 0.6) is 11.5 Å². The van der Waals surface area contributed by atoms with Crippen LogP contribution in [-0.2, 0) is 0 Å². The van der Waals surface area contributed by atoms with Gasteiger partial charge in [-0.2, -0.15) is 4.98 Å². The second kappa shape index (κ2) is 6.68. The molecule has 2 N–H and O–H groups in total. The lowest BCUT2D eigenvalue weighted by Gasteiger charge is -2.36. The number of nitrogen functional groups attached to an aromatic ring is 1. The summed E-state index contributed by atoms with van der Waals surface area (Å²) in [5, 5.41) is 0.776. The van der Waals surface area contributed by atoms with Crippen LogP contribution in [-0.4, -0.2) is 62.3 Å². The van der Waals surface area contributed by atoms with Crippen molar-refractivity contribution in [3.05, 3.63) is 12.1 Å². The molecule has 1 aromatic heterocycles. The first-order valence-electron chi connectivity index (χ1n) is 8.14. The second-order valence-corrected chi connectivity index (χ2v) is 6.34. The Labute approximate surface area is 142 Å². The van der Waals surface area contributed by atoms with Gasteiger partial charge in [-0.05, 0) is 33.0 Å². The first-order chi connectivity index (χ1) is 11.5. The van der Waals surface area contributed by atoms with E-state index in [0.717, 1.165) is 30.4 Å². The third-order valence-corrected chi connectivity index (χ3v) is 4.63. The van der Waals surface area contributed by atoms with Crippen LogP contribution in [0.3, 0.4) is 0 Å². The molecule has 1 aromatic carbocycles. The van der Waals surface area contributed by atoms with E-state index in [1.807, 2.05) is 12.1 Å². The average molecular weight is 331 g/mol. The molecule has 0 aliphatic carbocycles. The van der Waals surface area contributed by atoms with Crippen LogP contribution >= 0.6 is 0 Å². The highest BCUT2D eigenvalue weighted by atomic mass is 16.5. The molecule has 3 rings (SSSR count). The Balaban J connectivity index is 2.00. The molecule has 1 saturated heterocycles. The Morgan fingerprint density at radius 1 is 1.17 bits per heavy atom. The van der Waals surface area contributed by atoms with Crippen molar-refractivity contribution in [1.29, 1.82) is 0 Å². The Bertz CT molecular complexity index is 734. The maximum Gasteiger partial charge on any atom is 0.227 e. The molecular formula is C17H25N5O2. The number of aromatic nitrogens is 2. The molecule has 1 aliphatic rings. The van der Waals surface area contributed by atoms with Gasteiger partial charge in [0.2, 0.25) is 5.95 Å². The summed E-state index contributed by atoms with van der Waals surface area (Å²) in [5.41, 5.74) is 6.95. The van der Waals surface area contributed by atoms with Gasteiger partial charge in [0.1, 0.15) is 5.82 Å². The predicted octanol–water partition coefficient (Wildman–Crippen LogP) is 1.76. The Morgan fingerprint density at radius 2 is 1.88 bits per heavy atom. The van der Waals surface area contributed by atoms with E-state index < -0.39 is 0 Å². The number of methoxy groups -OCH3 is 2. The minimum atomic E-state index is 0.461. The van der Waals surface area contributed by atoms with E-state index in [0.29, 0.717) is 29.3 Å². The zero-order valence-electron chi connectivity index (χ0n) is 14.7. The topological polar surface area (TPSA) is 76.7 Å². The number of benzene rings is 1. The van der Waals surface area contributed by atoms with Crippen LogP contribution in [0, 0.1) is 0 Å². The quantitative estimate of drug-likeness (QED) is 0.914. The summed E-state index contributed by atoms with van der Waals surface area (Å²) in [6.45, 7) is 1.85. The van der Waals surface area contributed by atoms with Crippen molar-refractivity contribution >= 4 is 22.7 Å². The largest absolute Gasteiger partial charge is 0.493 e. The molecule has 7 nitrogen and oxygen atoms in total. The van der Waals surface area contributed by atoms with Crippen molar-refractivity contribution in [3.63, 3.8) is 0 Å². The third-order valence-electron chi connectivity index (χ3n) is 4.63. The van der Waals surface area contributed by atoms with Gasteiger partial charge in [0.25, 0.3) is 0 Å². The molecule has 0 radical (unpaired) electrons. The monoisotopic (exact) mass is 331 g/mol. The molecule has 2 heterocycles. The Morgan fingerprint density at radius 3 is 2.54 bits per heavy atom. The summed E-state index contributed by atoms with van der Waals surface area (Å²) in [7, 11) is 7.44. The van der Waals surface area contributed by atoms with Crippen molar-refractivity contribution < 1.29 is 9.47 Å². The average Bonchev–Trinajstić information content (AvgIpc) is 2.60. The second-order valence-electron chi connectivity index (χ2n) is 6.34. The van der Waals surface area contributed by atoms with Gasteiger partial charge < -0.3 is 25.0 Å². The van der Waals surface area contributed by atoms with Gasteiger partial charge in [-0.15, -0.1) is 0 Å². The molecule has 2 aromatic rings. The number of anilines is 2. The van der Waals surface area contributed by atoms with Crippen molar-refractivity contribution in [2.75, 3.05) is 52.0 Å². The first kappa shape index (κ1) is 16.6. The molecule has 0 spiro atoms. The number of nitrogens with two attached hydrogens (primary N) is 1. The number of piperidine rings is 1. The molecule has 0 amide bonds. The van der Waals surface area contributed by atoms with E-state index in [4.69, 9.17) is 20.2 Å². The van der Waals surface area contributed by atoms with Gasteiger partial charge in [-0.1, -0.05) is 0 Å². The van der Waals surface area contributed by atoms with Crippen molar-refractivity contribution in [2.45, 2.75) is 18.9 Å². The summed E-state index contributed by atoms with van der Waals surface area (Å²) in [4.78, 5) is 13.7. The lowest BCUT2D eigenvalue weighted by molar-refractivity contribution is 0.257. The summed E-state index contributed by atoms with van der Waals surface area (Å²) < 4.78 is 10.7. The molecule has 0 bridgehead atoms. The van der Waals surface area contributed by atoms with Crippen molar-refractivity contribution in [2.24, 2.45) is 0 Å². The molecule has 7 heteroatoms. The number of likely N-dealkylation sites (N-methyl/N-ethyl adjacent to an activating group) is 1. The van der Waals surface area contributed by atoms with E-state index in [-0.39, 0.29) is 0 Å². The molecule has 1 atom stereocenters. The van der Waals surface area contributed by atoms with E-state index in [1.165, 1.54) is 6.42 Å². The van der Waals surface area contributed by atoms with E-state index in [2.05, 4.69) is 28.9 Å². The summed E-state index contributed by atoms with van der Waals surface area (Å²) >= 11 is 0. The molecule has 0 unspecified atom stereocenters. The fourth-order valence-corrected chi connectivity index (χ4v) is 3.17. The van der Waals surface area contributed by atoms with Gasteiger partial charge in [0.05, 0.1) is 19.7 Å².